The molecule has 0 aromatic carbocycles. The smallest absolute Gasteiger partial charge is 0.139 e. The van der Waals surface area contributed by atoms with Crippen LogP contribution in [-0.4, -0.2) is 16.4 Å². The summed E-state index contributed by atoms with van der Waals surface area (Å²) in [5.74, 6) is 0. The van der Waals surface area contributed by atoms with Gasteiger partial charge in [0, 0.05) is 6.61 Å². The molecule has 0 saturated heterocycles. The molecule has 0 aliphatic rings. The molecule has 0 spiro atoms. The summed E-state index contributed by atoms with van der Waals surface area (Å²) in [4.78, 5) is 0. The van der Waals surface area contributed by atoms with Crippen molar-refractivity contribution < 1.29 is 4.74 Å². The number of nitrogen functional groups attached to an aromatic ring is 1. The van der Waals surface area contributed by atoms with Gasteiger partial charge in [-0.3, -0.25) is 0 Å². The maximum absolute atomic E-state index is 5.51. The summed E-state index contributed by atoms with van der Waals surface area (Å²) in [5, 5.41) is 4.02. The van der Waals surface area contributed by atoms with Gasteiger partial charge >= 0.3 is 0 Å². The van der Waals surface area contributed by atoms with Crippen molar-refractivity contribution in [3.8, 4) is 0 Å². The first-order chi connectivity index (χ1) is 6.47. The molecule has 0 amide bonds. The first kappa shape index (κ1) is 11.0. The van der Waals surface area contributed by atoms with Gasteiger partial charge < -0.3 is 10.5 Å². The van der Waals surface area contributed by atoms with Gasteiger partial charge in [-0.2, -0.15) is 5.10 Å². The lowest BCUT2D eigenvalue weighted by molar-refractivity contribution is 0.0518. The van der Waals surface area contributed by atoms with Gasteiger partial charge in [-0.05, 0) is 11.8 Å². The molecular formula is C10H19N3O. The third-order valence-corrected chi connectivity index (χ3v) is 1.87. The number of rotatable bonds is 4. The van der Waals surface area contributed by atoms with Gasteiger partial charge in [0.05, 0.1) is 18.1 Å². The van der Waals surface area contributed by atoms with E-state index < -0.39 is 0 Å². The molecule has 0 saturated carbocycles. The fraction of sp³-hybridized carbons (Fsp3) is 0.700. The first-order valence-electron chi connectivity index (χ1n) is 4.83. The Labute approximate surface area is 85.0 Å². The highest BCUT2D eigenvalue weighted by atomic mass is 16.5. The zero-order valence-corrected chi connectivity index (χ0v) is 9.16. The van der Waals surface area contributed by atoms with Crippen molar-refractivity contribution in [1.82, 2.24) is 9.78 Å². The normalized spacial score (nSPS) is 11.9. The number of ether oxygens (including phenoxy) is 1. The summed E-state index contributed by atoms with van der Waals surface area (Å²) in [6.45, 7) is 7.82. The van der Waals surface area contributed by atoms with E-state index in [4.69, 9.17) is 10.5 Å². The summed E-state index contributed by atoms with van der Waals surface area (Å²) in [6.07, 6.45) is 4.42. The van der Waals surface area contributed by atoms with Crippen LogP contribution in [0.15, 0.2) is 12.4 Å². The van der Waals surface area contributed by atoms with Crippen molar-refractivity contribution in [2.75, 3.05) is 12.3 Å². The van der Waals surface area contributed by atoms with Crippen molar-refractivity contribution in [1.29, 1.82) is 0 Å². The van der Waals surface area contributed by atoms with Crippen LogP contribution in [0.3, 0.4) is 0 Å². The van der Waals surface area contributed by atoms with Crippen molar-refractivity contribution in [3.05, 3.63) is 12.4 Å². The minimum absolute atomic E-state index is 0.323. The Morgan fingerprint density at radius 2 is 2.21 bits per heavy atom. The van der Waals surface area contributed by atoms with Crippen LogP contribution in [0.4, 0.5) is 5.69 Å². The maximum Gasteiger partial charge on any atom is 0.139 e. The predicted molar refractivity (Wildman–Crippen MR) is 56.7 cm³/mol. The minimum atomic E-state index is 0.323. The molecule has 0 fully saturated rings. The minimum Gasteiger partial charge on any atom is -0.396 e. The van der Waals surface area contributed by atoms with Crippen LogP contribution in [0.25, 0.3) is 0 Å². The molecule has 1 heterocycles. The second kappa shape index (κ2) is 4.46. The predicted octanol–water partition coefficient (Wildman–Crippen LogP) is 1.88. The highest BCUT2D eigenvalue weighted by Gasteiger charge is 2.09. The lowest BCUT2D eigenvalue weighted by Gasteiger charge is -2.17. The average Bonchev–Trinajstić information content (AvgIpc) is 2.44. The zero-order valence-electron chi connectivity index (χ0n) is 9.16. The molecule has 0 aliphatic carbocycles. The molecule has 0 unspecified atom stereocenters. The van der Waals surface area contributed by atoms with Gasteiger partial charge in [0.15, 0.2) is 0 Å². The van der Waals surface area contributed by atoms with E-state index in [1.165, 1.54) is 0 Å². The van der Waals surface area contributed by atoms with E-state index in [2.05, 4.69) is 25.9 Å². The summed E-state index contributed by atoms with van der Waals surface area (Å²) in [6, 6.07) is 0. The van der Waals surface area contributed by atoms with Gasteiger partial charge in [-0.25, -0.2) is 4.68 Å². The van der Waals surface area contributed by atoms with E-state index in [-0.39, 0.29) is 0 Å². The van der Waals surface area contributed by atoms with E-state index in [1.54, 1.807) is 17.1 Å². The number of aromatic nitrogens is 2. The van der Waals surface area contributed by atoms with Gasteiger partial charge in [0.25, 0.3) is 0 Å². The molecule has 0 atom stereocenters. The highest BCUT2D eigenvalue weighted by Crippen LogP contribution is 2.17. The van der Waals surface area contributed by atoms with E-state index in [0.717, 1.165) is 13.0 Å². The summed E-state index contributed by atoms with van der Waals surface area (Å²) in [5.41, 5.74) is 6.51. The van der Waals surface area contributed by atoms with E-state index in [1.807, 2.05) is 0 Å². The van der Waals surface area contributed by atoms with Crippen LogP contribution in [0.1, 0.15) is 27.2 Å². The van der Waals surface area contributed by atoms with Crippen LogP contribution >= 0.6 is 0 Å². The van der Waals surface area contributed by atoms with Crippen molar-refractivity contribution in [2.45, 2.75) is 33.9 Å². The molecule has 0 bridgehead atoms. The summed E-state index contributed by atoms with van der Waals surface area (Å²) < 4.78 is 7.15. The molecule has 2 N–H and O–H groups in total. The Morgan fingerprint density at radius 3 is 2.71 bits per heavy atom. The van der Waals surface area contributed by atoms with Crippen LogP contribution in [0.2, 0.25) is 0 Å². The molecule has 4 heteroatoms. The Kier molecular flexibility index (Phi) is 3.52. The molecule has 0 radical (unpaired) electrons. The molecule has 1 aromatic rings. The van der Waals surface area contributed by atoms with Crippen LogP contribution in [0, 0.1) is 5.41 Å². The number of hydrogen-bond donors (Lipinski definition) is 1. The summed E-state index contributed by atoms with van der Waals surface area (Å²) >= 11 is 0. The number of nitrogens with two attached hydrogens (primary N) is 1. The fourth-order valence-electron chi connectivity index (χ4n) is 0.987. The molecule has 80 valence electrons. The van der Waals surface area contributed by atoms with Crippen molar-refractivity contribution in [2.24, 2.45) is 5.41 Å². The first-order valence-corrected chi connectivity index (χ1v) is 4.83. The third-order valence-electron chi connectivity index (χ3n) is 1.87. The topological polar surface area (TPSA) is 53.1 Å². The van der Waals surface area contributed by atoms with Gasteiger partial charge in [-0.1, -0.05) is 20.8 Å². The van der Waals surface area contributed by atoms with Crippen molar-refractivity contribution in [3.63, 3.8) is 0 Å². The second-order valence-electron chi connectivity index (χ2n) is 4.66. The number of anilines is 1. The molecule has 0 aliphatic heterocycles. The Balaban J connectivity index is 2.16. The van der Waals surface area contributed by atoms with Gasteiger partial charge in [0.1, 0.15) is 6.73 Å². The van der Waals surface area contributed by atoms with Crippen molar-refractivity contribution >= 4 is 5.69 Å². The van der Waals surface area contributed by atoms with Crippen LogP contribution in [-0.2, 0) is 11.5 Å². The Morgan fingerprint density at radius 1 is 1.50 bits per heavy atom. The van der Waals surface area contributed by atoms with E-state index >= 15 is 0 Å². The van der Waals surface area contributed by atoms with Gasteiger partial charge in [0.2, 0.25) is 0 Å². The fourth-order valence-corrected chi connectivity index (χ4v) is 0.987. The SMILES string of the molecule is CC(C)(C)CCOCn1cc(N)cn1. The Hall–Kier alpha value is -1.03. The third kappa shape index (κ3) is 4.28. The molecule has 1 aromatic heterocycles. The average molecular weight is 197 g/mol. The van der Waals surface area contributed by atoms with E-state index in [9.17, 15) is 0 Å². The quantitative estimate of drug-likeness (QED) is 0.750. The number of nitrogens with zero attached hydrogens (tertiary/aromatic N) is 2. The zero-order chi connectivity index (χ0) is 10.6. The Bertz CT molecular complexity index is 275. The molecule has 4 nitrogen and oxygen atoms in total. The maximum atomic E-state index is 5.51. The molecular weight excluding hydrogens is 178 g/mol. The molecule has 1 rings (SSSR count). The summed E-state index contributed by atoms with van der Waals surface area (Å²) in [7, 11) is 0. The van der Waals surface area contributed by atoms with Crippen LogP contribution in [0.5, 0.6) is 0 Å². The number of hydrogen-bond acceptors (Lipinski definition) is 3. The monoisotopic (exact) mass is 197 g/mol. The largest absolute Gasteiger partial charge is 0.396 e. The van der Waals surface area contributed by atoms with Crippen LogP contribution < -0.4 is 5.73 Å². The highest BCUT2D eigenvalue weighted by molar-refractivity contribution is 5.30. The second-order valence-corrected chi connectivity index (χ2v) is 4.66. The lowest BCUT2D eigenvalue weighted by atomic mass is 9.93. The lowest BCUT2D eigenvalue weighted by Crippen LogP contribution is -2.11. The standard InChI is InChI=1S/C10H19N3O/c1-10(2,3)4-5-14-8-13-7-9(11)6-12-13/h6-7H,4-5,8,11H2,1-3H3. The molecule has 14 heavy (non-hydrogen) atoms. The van der Waals surface area contributed by atoms with E-state index in [0.29, 0.717) is 17.8 Å². The van der Waals surface area contributed by atoms with Gasteiger partial charge in [-0.15, -0.1) is 0 Å².